The van der Waals surface area contributed by atoms with Gasteiger partial charge in [-0.1, -0.05) is 6.08 Å². The Balaban J connectivity index is 1.96. The summed E-state index contributed by atoms with van der Waals surface area (Å²) >= 11 is 0. The minimum Gasteiger partial charge on any atom is -0.468 e. The summed E-state index contributed by atoms with van der Waals surface area (Å²) in [4.78, 5) is 2.48. The van der Waals surface area contributed by atoms with Gasteiger partial charge in [0.25, 0.3) is 0 Å². The normalized spacial score (nSPS) is 16.0. The van der Waals surface area contributed by atoms with Gasteiger partial charge in [-0.05, 0) is 39.7 Å². The van der Waals surface area contributed by atoms with Crippen molar-refractivity contribution >= 4 is 0 Å². The summed E-state index contributed by atoms with van der Waals surface area (Å²) in [6, 6.07) is 2.84. The lowest BCUT2D eigenvalue weighted by Crippen LogP contribution is -2.35. The molecule has 1 saturated carbocycles. The van der Waals surface area contributed by atoms with E-state index in [2.05, 4.69) is 43.6 Å². The summed E-state index contributed by atoms with van der Waals surface area (Å²) in [6.45, 7) is 13.1. The van der Waals surface area contributed by atoms with Crippen LogP contribution in [0.1, 0.15) is 44.9 Å². The lowest BCUT2D eigenvalue weighted by atomic mass is 10.1. The maximum atomic E-state index is 5.62. The first-order valence-corrected chi connectivity index (χ1v) is 7.15. The van der Waals surface area contributed by atoms with Crippen LogP contribution in [0.15, 0.2) is 29.4 Å². The summed E-state index contributed by atoms with van der Waals surface area (Å²) < 4.78 is 5.62. The highest BCUT2D eigenvalue weighted by molar-refractivity contribution is 5.17. The quantitative estimate of drug-likeness (QED) is 0.764. The zero-order chi connectivity index (χ0) is 13.9. The van der Waals surface area contributed by atoms with Crippen LogP contribution in [0.25, 0.3) is 0 Å². The van der Waals surface area contributed by atoms with Gasteiger partial charge in [0.2, 0.25) is 0 Å². The van der Waals surface area contributed by atoms with Crippen molar-refractivity contribution in [1.29, 1.82) is 0 Å². The van der Waals surface area contributed by atoms with E-state index < -0.39 is 0 Å². The smallest absolute Gasteiger partial charge is 0.122 e. The van der Waals surface area contributed by atoms with E-state index in [0.717, 1.165) is 31.4 Å². The molecule has 0 spiro atoms. The van der Waals surface area contributed by atoms with Crippen LogP contribution >= 0.6 is 0 Å². The zero-order valence-electron chi connectivity index (χ0n) is 12.4. The molecule has 19 heavy (non-hydrogen) atoms. The summed E-state index contributed by atoms with van der Waals surface area (Å²) in [6.07, 6.45) is 6.43. The van der Waals surface area contributed by atoms with Crippen molar-refractivity contribution < 1.29 is 4.42 Å². The second-order valence-electron chi connectivity index (χ2n) is 6.42. The van der Waals surface area contributed by atoms with Crippen molar-refractivity contribution in [3.05, 3.63) is 36.3 Å². The van der Waals surface area contributed by atoms with Crippen molar-refractivity contribution in [2.24, 2.45) is 0 Å². The van der Waals surface area contributed by atoms with Crippen LogP contribution in [0.2, 0.25) is 0 Å². The Morgan fingerprint density at radius 3 is 2.79 bits per heavy atom. The SMILES string of the molecule is C=CCN(Cc1ccoc1CNC(C)(C)C)C1CC1. The van der Waals surface area contributed by atoms with Gasteiger partial charge in [-0.3, -0.25) is 4.90 Å². The lowest BCUT2D eigenvalue weighted by Gasteiger charge is -2.22. The molecule has 0 saturated heterocycles. The summed E-state index contributed by atoms with van der Waals surface area (Å²) in [5.74, 6) is 1.06. The molecule has 0 atom stereocenters. The third-order valence-corrected chi connectivity index (χ3v) is 3.42. The maximum Gasteiger partial charge on any atom is 0.122 e. The molecule has 1 aromatic heterocycles. The molecule has 0 amide bonds. The molecule has 1 aliphatic rings. The van der Waals surface area contributed by atoms with E-state index in [1.54, 1.807) is 6.26 Å². The first-order chi connectivity index (χ1) is 8.99. The number of nitrogens with one attached hydrogen (secondary N) is 1. The Morgan fingerprint density at radius 2 is 2.21 bits per heavy atom. The highest BCUT2D eigenvalue weighted by atomic mass is 16.3. The number of nitrogens with zero attached hydrogens (tertiary/aromatic N) is 1. The number of furan rings is 1. The van der Waals surface area contributed by atoms with E-state index in [9.17, 15) is 0 Å². The standard InChI is InChI=1S/C16H26N2O/c1-5-9-18(14-6-7-14)12-13-8-10-19-15(13)11-17-16(2,3)4/h5,8,10,14,17H,1,6-7,9,11-12H2,2-4H3. The van der Waals surface area contributed by atoms with E-state index >= 15 is 0 Å². The molecule has 1 aromatic rings. The van der Waals surface area contributed by atoms with Crippen molar-refractivity contribution in [2.75, 3.05) is 6.54 Å². The minimum absolute atomic E-state index is 0.112. The van der Waals surface area contributed by atoms with Crippen LogP contribution in [0, 0.1) is 0 Å². The van der Waals surface area contributed by atoms with Gasteiger partial charge >= 0.3 is 0 Å². The molecule has 0 aromatic carbocycles. The highest BCUT2D eigenvalue weighted by Gasteiger charge is 2.28. The van der Waals surface area contributed by atoms with Crippen LogP contribution in [0.5, 0.6) is 0 Å². The van der Waals surface area contributed by atoms with Crippen molar-refractivity contribution in [3.63, 3.8) is 0 Å². The maximum absolute atomic E-state index is 5.62. The van der Waals surface area contributed by atoms with Gasteiger partial charge in [0.1, 0.15) is 5.76 Å². The van der Waals surface area contributed by atoms with E-state index in [1.165, 1.54) is 18.4 Å². The molecule has 3 heteroatoms. The molecule has 106 valence electrons. The molecule has 0 bridgehead atoms. The minimum atomic E-state index is 0.112. The highest BCUT2D eigenvalue weighted by Crippen LogP contribution is 2.29. The van der Waals surface area contributed by atoms with Crippen LogP contribution in [0.4, 0.5) is 0 Å². The van der Waals surface area contributed by atoms with Crippen LogP contribution in [-0.2, 0) is 13.1 Å². The molecule has 1 fully saturated rings. The predicted octanol–water partition coefficient (Wildman–Crippen LogP) is 3.32. The number of hydrogen-bond acceptors (Lipinski definition) is 3. The Morgan fingerprint density at radius 1 is 1.47 bits per heavy atom. The Labute approximate surface area is 116 Å². The van der Waals surface area contributed by atoms with Gasteiger partial charge in [0, 0.05) is 30.2 Å². The molecular formula is C16H26N2O. The van der Waals surface area contributed by atoms with Gasteiger partial charge in [-0.25, -0.2) is 0 Å². The Bertz CT molecular complexity index is 413. The average Bonchev–Trinajstić information content (AvgIpc) is 3.07. The van der Waals surface area contributed by atoms with Crippen molar-refractivity contribution in [2.45, 2.75) is 58.3 Å². The fourth-order valence-electron chi connectivity index (χ4n) is 2.18. The Hall–Kier alpha value is -1.06. The van der Waals surface area contributed by atoms with Crippen molar-refractivity contribution in [3.8, 4) is 0 Å². The zero-order valence-corrected chi connectivity index (χ0v) is 12.4. The fraction of sp³-hybridized carbons (Fsp3) is 0.625. The van der Waals surface area contributed by atoms with E-state index in [4.69, 9.17) is 4.42 Å². The first-order valence-electron chi connectivity index (χ1n) is 7.15. The molecule has 1 N–H and O–H groups in total. The summed E-state index contributed by atoms with van der Waals surface area (Å²) in [5.41, 5.74) is 1.41. The summed E-state index contributed by atoms with van der Waals surface area (Å²) in [5, 5.41) is 3.48. The molecule has 1 aliphatic carbocycles. The number of hydrogen-bond donors (Lipinski definition) is 1. The van der Waals surface area contributed by atoms with Gasteiger partial charge in [-0.15, -0.1) is 6.58 Å². The third-order valence-electron chi connectivity index (χ3n) is 3.42. The average molecular weight is 262 g/mol. The molecule has 1 heterocycles. The number of rotatable bonds is 7. The second kappa shape index (κ2) is 5.93. The molecule has 0 aliphatic heterocycles. The van der Waals surface area contributed by atoms with Gasteiger partial charge < -0.3 is 9.73 Å². The van der Waals surface area contributed by atoms with E-state index in [-0.39, 0.29) is 5.54 Å². The van der Waals surface area contributed by atoms with E-state index in [0.29, 0.717) is 0 Å². The van der Waals surface area contributed by atoms with Crippen molar-refractivity contribution in [1.82, 2.24) is 10.2 Å². The summed E-state index contributed by atoms with van der Waals surface area (Å²) in [7, 11) is 0. The van der Waals surface area contributed by atoms with Crippen LogP contribution in [-0.4, -0.2) is 23.0 Å². The van der Waals surface area contributed by atoms with Crippen LogP contribution < -0.4 is 5.32 Å². The predicted molar refractivity (Wildman–Crippen MR) is 78.9 cm³/mol. The molecule has 3 nitrogen and oxygen atoms in total. The lowest BCUT2D eigenvalue weighted by molar-refractivity contribution is 0.279. The molecule has 2 rings (SSSR count). The second-order valence-corrected chi connectivity index (χ2v) is 6.42. The molecule has 0 unspecified atom stereocenters. The van der Waals surface area contributed by atoms with Crippen LogP contribution in [0.3, 0.4) is 0 Å². The first kappa shape index (κ1) is 14.4. The van der Waals surface area contributed by atoms with Gasteiger partial charge in [0.15, 0.2) is 0 Å². The monoisotopic (exact) mass is 262 g/mol. The third kappa shape index (κ3) is 4.51. The Kier molecular flexibility index (Phi) is 4.48. The van der Waals surface area contributed by atoms with Gasteiger partial charge in [-0.2, -0.15) is 0 Å². The van der Waals surface area contributed by atoms with Gasteiger partial charge in [0.05, 0.1) is 12.8 Å². The molecule has 0 radical (unpaired) electrons. The largest absolute Gasteiger partial charge is 0.468 e. The fourth-order valence-corrected chi connectivity index (χ4v) is 2.18. The molecular weight excluding hydrogens is 236 g/mol. The topological polar surface area (TPSA) is 28.4 Å². The van der Waals surface area contributed by atoms with E-state index in [1.807, 2.05) is 6.08 Å².